The first kappa shape index (κ1) is 22.4. The predicted octanol–water partition coefficient (Wildman–Crippen LogP) is 3.58. The Bertz CT molecular complexity index is 1130. The van der Waals surface area contributed by atoms with Gasteiger partial charge in [0.2, 0.25) is 5.95 Å². The minimum Gasteiger partial charge on any atom is -0.335 e. The molecule has 3 aromatic rings. The third kappa shape index (κ3) is 5.07. The first-order valence-corrected chi connectivity index (χ1v) is 11.9. The number of pyridine rings is 1. The van der Waals surface area contributed by atoms with Crippen molar-refractivity contribution in [2.75, 3.05) is 36.5 Å². The van der Waals surface area contributed by atoms with Crippen LogP contribution >= 0.6 is 0 Å². The molecule has 3 heterocycles. The van der Waals surface area contributed by atoms with Gasteiger partial charge in [-0.05, 0) is 31.0 Å². The molecule has 0 bridgehead atoms. The number of rotatable bonds is 5. The lowest BCUT2D eigenvalue weighted by molar-refractivity contribution is 0.240. The molecule has 3 N–H and O–H groups in total. The van der Waals surface area contributed by atoms with Crippen molar-refractivity contribution >= 4 is 34.5 Å². The van der Waals surface area contributed by atoms with E-state index >= 15 is 0 Å². The summed E-state index contributed by atoms with van der Waals surface area (Å²) in [7, 11) is 0. The molecule has 178 valence electrons. The molecule has 34 heavy (non-hydrogen) atoms. The summed E-state index contributed by atoms with van der Waals surface area (Å²) in [6, 6.07) is 10.9. The van der Waals surface area contributed by atoms with Crippen LogP contribution in [0.5, 0.6) is 0 Å². The molecule has 9 nitrogen and oxygen atoms in total. The van der Waals surface area contributed by atoms with Crippen molar-refractivity contribution in [2.24, 2.45) is 0 Å². The van der Waals surface area contributed by atoms with E-state index in [1.165, 1.54) is 12.5 Å². The Labute approximate surface area is 197 Å². The Hall–Kier alpha value is -3.37. The lowest BCUT2D eigenvalue weighted by Crippen LogP contribution is -2.51. The Kier molecular flexibility index (Phi) is 6.77. The molecule has 0 atom stereocenters. The van der Waals surface area contributed by atoms with Gasteiger partial charge in [0.05, 0.1) is 5.69 Å². The fourth-order valence-electron chi connectivity index (χ4n) is 4.52. The highest BCUT2D eigenvalue weighted by atomic mass is 19.1. The van der Waals surface area contributed by atoms with Gasteiger partial charge < -0.3 is 10.6 Å². The number of nitrogens with zero attached hydrogens (tertiary/aromatic N) is 5. The Balaban J connectivity index is 1.42. The maximum atomic E-state index is 14.7. The molecule has 0 radical (unpaired) electrons. The van der Waals surface area contributed by atoms with E-state index in [1.807, 2.05) is 35.3 Å². The van der Waals surface area contributed by atoms with E-state index in [0.717, 1.165) is 57.5 Å². The summed E-state index contributed by atoms with van der Waals surface area (Å²) in [5.41, 5.74) is 1.24. The number of fused-ring (bicyclic) bond motifs is 1. The van der Waals surface area contributed by atoms with Crippen LogP contribution in [0.25, 0.3) is 11.0 Å². The number of carbonyl (C=O) groups excluding carboxylic acids is 1. The number of aromatic nitrogens is 3. The zero-order valence-corrected chi connectivity index (χ0v) is 19.0. The molecule has 0 unspecified atom stereocenters. The zero-order valence-electron chi connectivity index (χ0n) is 19.0. The van der Waals surface area contributed by atoms with E-state index in [1.54, 1.807) is 6.20 Å². The van der Waals surface area contributed by atoms with Gasteiger partial charge >= 0.3 is 6.03 Å². The van der Waals surface area contributed by atoms with Gasteiger partial charge in [-0.15, -0.1) is 0 Å². The second-order valence-corrected chi connectivity index (χ2v) is 8.69. The van der Waals surface area contributed by atoms with Gasteiger partial charge in [0, 0.05) is 43.8 Å². The Morgan fingerprint density at radius 3 is 2.62 bits per heavy atom. The van der Waals surface area contributed by atoms with Crippen molar-refractivity contribution in [2.45, 2.75) is 38.1 Å². The Morgan fingerprint density at radius 2 is 1.85 bits per heavy atom. The number of piperazine rings is 1. The number of urea groups is 1. The van der Waals surface area contributed by atoms with Crippen molar-refractivity contribution in [3.63, 3.8) is 0 Å². The Morgan fingerprint density at radius 1 is 1.09 bits per heavy atom. The molecule has 2 fully saturated rings. The number of hydrogen-bond donors (Lipinski definition) is 3. The number of anilines is 3. The molecule has 0 spiro atoms. The topological polar surface area (TPSA) is 98.3 Å². The molecule has 5 rings (SSSR count). The summed E-state index contributed by atoms with van der Waals surface area (Å²) in [6.07, 6.45) is 6.84. The normalized spacial score (nSPS) is 17.4. The summed E-state index contributed by atoms with van der Waals surface area (Å²) < 4.78 is 14.7. The zero-order chi connectivity index (χ0) is 23.3. The number of nitrogens with one attached hydrogen (secondary N) is 3. The molecule has 1 aromatic carbocycles. The molecule has 2 aromatic heterocycles. The predicted molar refractivity (Wildman–Crippen MR) is 129 cm³/mol. The van der Waals surface area contributed by atoms with Gasteiger partial charge in [-0.1, -0.05) is 37.5 Å². The minimum absolute atomic E-state index is 0.115. The number of hydrazine groups is 1. The highest BCUT2D eigenvalue weighted by Crippen LogP contribution is 2.27. The number of para-hydroxylation sites is 1. The van der Waals surface area contributed by atoms with Crippen molar-refractivity contribution in [3.05, 3.63) is 48.4 Å². The van der Waals surface area contributed by atoms with Gasteiger partial charge in [0.1, 0.15) is 0 Å². The lowest BCUT2D eigenvalue weighted by Gasteiger charge is -2.37. The van der Waals surface area contributed by atoms with E-state index < -0.39 is 11.8 Å². The second kappa shape index (κ2) is 10.3. The minimum atomic E-state index is -0.621. The van der Waals surface area contributed by atoms with Gasteiger partial charge in [-0.25, -0.2) is 29.2 Å². The van der Waals surface area contributed by atoms with Gasteiger partial charge in [0.15, 0.2) is 17.3 Å². The molecule has 1 saturated carbocycles. The van der Waals surface area contributed by atoms with E-state index in [9.17, 15) is 9.18 Å². The van der Waals surface area contributed by atoms with E-state index in [-0.39, 0.29) is 11.9 Å². The number of carbonyl (C=O) groups is 1. The summed E-state index contributed by atoms with van der Waals surface area (Å²) in [5, 5.41) is 13.5. The molecule has 2 aliphatic rings. The summed E-state index contributed by atoms with van der Waals surface area (Å²) in [4.78, 5) is 26.0. The summed E-state index contributed by atoms with van der Waals surface area (Å²) in [5.74, 6) is -0.319. The highest BCUT2D eigenvalue weighted by Gasteiger charge is 2.23. The van der Waals surface area contributed by atoms with E-state index in [0.29, 0.717) is 17.0 Å². The average Bonchev–Trinajstić information content (AvgIpc) is 2.87. The summed E-state index contributed by atoms with van der Waals surface area (Å²) in [6.45, 7) is 3.29. The smallest absolute Gasteiger partial charge is 0.320 e. The van der Waals surface area contributed by atoms with Crippen molar-refractivity contribution in [1.82, 2.24) is 30.6 Å². The summed E-state index contributed by atoms with van der Waals surface area (Å²) >= 11 is 0. The monoisotopic (exact) mass is 464 g/mol. The van der Waals surface area contributed by atoms with Crippen LogP contribution in [0.3, 0.4) is 0 Å². The van der Waals surface area contributed by atoms with Crippen LogP contribution in [0, 0.1) is 5.82 Å². The lowest BCUT2D eigenvalue weighted by atomic mass is 9.96. The van der Waals surface area contributed by atoms with E-state index in [2.05, 4.69) is 35.9 Å². The fourth-order valence-corrected chi connectivity index (χ4v) is 4.52. The number of hydrogen-bond acceptors (Lipinski definition) is 7. The van der Waals surface area contributed by atoms with E-state index in [4.69, 9.17) is 0 Å². The largest absolute Gasteiger partial charge is 0.335 e. The van der Waals surface area contributed by atoms with Crippen LogP contribution in [0.15, 0.2) is 42.6 Å². The third-order valence-electron chi connectivity index (χ3n) is 6.25. The molecular formula is C24H29FN8O. The van der Waals surface area contributed by atoms with Crippen molar-refractivity contribution < 1.29 is 9.18 Å². The van der Waals surface area contributed by atoms with Crippen LogP contribution in [0.4, 0.5) is 26.6 Å². The maximum absolute atomic E-state index is 14.7. The van der Waals surface area contributed by atoms with Gasteiger partial charge in [-0.2, -0.15) is 4.98 Å². The average molecular weight is 465 g/mol. The molecule has 1 saturated heterocycles. The first-order valence-electron chi connectivity index (χ1n) is 11.9. The number of halogens is 1. The molecular weight excluding hydrogens is 435 g/mol. The SMILES string of the molecule is O=C(Nc1nc2nc(N(c3ccccc3)N3CCNCC3)ncc2cc1F)NC1CCCCC1. The van der Waals surface area contributed by atoms with Gasteiger partial charge in [-0.3, -0.25) is 5.32 Å². The van der Waals surface area contributed by atoms with Crippen LogP contribution in [-0.4, -0.2) is 58.2 Å². The van der Waals surface area contributed by atoms with Crippen LogP contribution in [-0.2, 0) is 0 Å². The maximum Gasteiger partial charge on any atom is 0.320 e. The first-order chi connectivity index (χ1) is 16.7. The van der Waals surface area contributed by atoms with Crippen LogP contribution in [0.1, 0.15) is 32.1 Å². The van der Waals surface area contributed by atoms with Crippen LogP contribution in [0.2, 0.25) is 0 Å². The number of amides is 2. The third-order valence-corrected chi connectivity index (χ3v) is 6.25. The van der Waals surface area contributed by atoms with Crippen molar-refractivity contribution in [3.8, 4) is 0 Å². The fraction of sp³-hybridized carbons (Fsp3) is 0.417. The highest BCUT2D eigenvalue weighted by molar-refractivity contribution is 5.90. The molecule has 10 heteroatoms. The molecule has 2 amide bonds. The number of benzene rings is 1. The van der Waals surface area contributed by atoms with Crippen LogP contribution < -0.4 is 21.0 Å². The van der Waals surface area contributed by atoms with Gasteiger partial charge in [0.25, 0.3) is 0 Å². The second-order valence-electron chi connectivity index (χ2n) is 8.69. The standard InChI is InChI=1S/C24H29FN8O/c25-20-15-17-16-27-23(33(19-9-5-2-6-10-19)32-13-11-26-12-14-32)30-21(17)29-22(20)31-24(34)28-18-7-3-1-4-8-18/h2,5-6,9-10,15-16,18,26H,1,3-4,7-8,11-14H2,(H2,27,28,29,30,31,34). The molecule has 1 aliphatic carbocycles. The van der Waals surface area contributed by atoms with Crippen molar-refractivity contribution in [1.29, 1.82) is 0 Å². The molecule has 1 aliphatic heterocycles. The quantitative estimate of drug-likeness (QED) is 0.531.